The molecule has 3 aromatic carbocycles. The summed E-state index contributed by atoms with van der Waals surface area (Å²) in [7, 11) is 0. The zero-order valence-corrected chi connectivity index (χ0v) is 20.3. The second-order valence-electron chi connectivity index (χ2n) is 8.61. The van der Waals surface area contributed by atoms with E-state index in [0.717, 1.165) is 12.1 Å². The van der Waals surface area contributed by atoms with E-state index in [2.05, 4.69) is 5.32 Å². The van der Waals surface area contributed by atoms with Crippen molar-refractivity contribution in [1.82, 2.24) is 4.90 Å². The molecule has 9 heteroatoms. The molecule has 2 amide bonds. The molecule has 1 aliphatic heterocycles. The average molecular weight is 513 g/mol. The van der Waals surface area contributed by atoms with Crippen LogP contribution in [0.1, 0.15) is 35.7 Å². The number of hydrogen-bond donors (Lipinski definition) is 1. The van der Waals surface area contributed by atoms with Gasteiger partial charge in [-0.3, -0.25) is 4.79 Å². The number of nitrogens with one attached hydrogen (secondary N) is 1. The van der Waals surface area contributed by atoms with E-state index in [1.54, 1.807) is 60.4 Å². The molecule has 0 radical (unpaired) electrons. The number of hydrogen-bond acceptors (Lipinski definition) is 4. The van der Waals surface area contributed by atoms with E-state index in [1.165, 1.54) is 12.1 Å². The lowest BCUT2D eigenvalue weighted by molar-refractivity contribution is -0.137. The molecule has 0 bridgehead atoms. The standard InChI is InChI=1S/C28H27F3N2O4/c1-2-36-27(35)33-16-14-22(15-17-33)37-23-7-5-6-21(18-23)32-26(34)25-9-4-3-8-24(25)19-10-12-20(13-11-19)28(29,30)31/h3-13,18,22H,2,14-17H2,1H3,(H,32,34). The van der Waals surface area contributed by atoms with E-state index >= 15 is 0 Å². The van der Waals surface area contributed by atoms with Crippen molar-refractivity contribution in [2.45, 2.75) is 32.0 Å². The van der Waals surface area contributed by atoms with E-state index in [-0.39, 0.29) is 12.2 Å². The van der Waals surface area contributed by atoms with E-state index in [1.807, 2.05) is 0 Å². The zero-order chi connectivity index (χ0) is 26.4. The minimum atomic E-state index is -4.43. The van der Waals surface area contributed by atoms with Crippen LogP contribution in [0.15, 0.2) is 72.8 Å². The van der Waals surface area contributed by atoms with Gasteiger partial charge in [-0.25, -0.2) is 4.79 Å². The fourth-order valence-electron chi connectivity index (χ4n) is 4.18. The molecule has 4 rings (SSSR count). The fourth-order valence-corrected chi connectivity index (χ4v) is 4.18. The quantitative estimate of drug-likeness (QED) is 0.403. The molecule has 37 heavy (non-hydrogen) atoms. The molecular formula is C28H27F3N2O4. The Balaban J connectivity index is 1.42. The van der Waals surface area contributed by atoms with Gasteiger partial charge in [-0.05, 0) is 48.4 Å². The van der Waals surface area contributed by atoms with Crippen LogP contribution in [-0.2, 0) is 10.9 Å². The summed E-state index contributed by atoms with van der Waals surface area (Å²) < 4.78 is 49.9. The molecule has 3 aromatic rings. The molecule has 194 valence electrons. The van der Waals surface area contributed by atoms with Crippen molar-refractivity contribution in [3.63, 3.8) is 0 Å². The van der Waals surface area contributed by atoms with Gasteiger partial charge in [-0.15, -0.1) is 0 Å². The SMILES string of the molecule is CCOC(=O)N1CCC(Oc2cccc(NC(=O)c3ccccc3-c3ccc(C(F)(F)F)cc3)c2)CC1. The van der Waals surface area contributed by atoms with Crippen molar-refractivity contribution in [2.75, 3.05) is 25.0 Å². The molecule has 0 spiro atoms. The molecule has 1 aliphatic rings. The molecular weight excluding hydrogens is 485 g/mol. The van der Waals surface area contributed by atoms with Crippen LogP contribution in [0.3, 0.4) is 0 Å². The Hall–Kier alpha value is -4.01. The highest BCUT2D eigenvalue weighted by Gasteiger charge is 2.30. The molecule has 0 aromatic heterocycles. The third-order valence-electron chi connectivity index (χ3n) is 6.06. The predicted octanol–water partition coefficient (Wildman–Crippen LogP) is 6.62. The van der Waals surface area contributed by atoms with Gasteiger partial charge in [0.15, 0.2) is 0 Å². The molecule has 1 saturated heterocycles. The Morgan fingerprint density at radius 2 is 1.68 bits per heavy atom. The summed E-state index contributed by atoms with van der Waals surface area (Å²) in [4.78, 5) is 26.6. The first kappa shape index (κ1) is 26.1. The number of amides is 2. The van der Waals surface area contributed by atoms with Gasteiger partial charge in [-0.2, -0.15) is 13.2 Å². The summed E-state index contributed by atoms with van der Waals surface area (Å²) >= 11 is 0. The normalized spacial score (nSPS) is 14.2. The first-order chi connectivity index (χ1) is 17.7. The van der Waals surface area contributed by atoms with Gasteiger partial charge < -0.3 is 19.7 Å². The zero-order valence-electron chi connectivity index (χ0n) is 20.3. The molecule has 0 atom stereocenters. The molecule has 0 unspecified atom stereocenters. The maximum atomic E-state index is 13.1. The van der Waals surface area contributed by atoms with Gasteiger partial charge in [0.2, 0.25) is 0 Å². The van der Waals surface area contributed by atoms with Crippen LogP contribution in [0, 0.1) is 0 Å². The van der Waals surface area contributed by atoms with Gasteiger partial charge in [-0.1, -0.05) is 36.4 Å². The second kappa shape index (κ2) is 11.4. The Morgan fingerprint density at radius 1 is 0.973 bits per heavy atom. The van der Waals surface area contributed by atoms with Crippen LogP contribution in [0.5, 0.6) is 5.75 Å². The highest BCUT2D eigenvalue weighted by molar-refractivity contribution is 6.08. The summed E-state index contributed by atoms with van der Waals surface area (Å²) in [6.45, 7) is 3.19. The lowest BCUT2D eigenvalue weighted by Gasteiger charge is -2.31. The maximum absolute atomic E-state index is 13.1. The van der Waals surface area contributed by atoms with Gasteiger partial charge in [0.25, 0.3) is 5.91 Å². The molecule has 1 fully saturated rings. The summed E-state index contributed by atoms with van der Waals surface area (Å²) in [5, 5.41) is 2.85. The van der Waals surface area contributed by atoms with Gasteiger partial charge >= 0.3 is 12.3 Å². The third kappa shape index (κ3) is 6.61. The van der Waals surface area contributed by atoms with Gasteiger partial charge in [0, 0.05) is 43.2 Å². The number of ether oxygens (including phenoxy) is 2. The van der Waals surface area contributed by atoms with Crippen molar-refractivity contribution in [1.29, 1.82) is 0 Å². The van der Waals surface area contributed by atoms with Crippen LogP contribution < -0.4 is 10.1 Å². The van der Waals surface area contributed by atoms with Crippen LogP contribution in [-0.4, -0.2) is 42.7 Å². The number of nitrogens with zero attached hydrogens (tertiary/aromatic N) is 1. The van der Waals surface area contributed by atoms with Crippen molar-refractivity contribution < 1.29 is 32.2 Å². The number of alkyl halides is 3. The number of anilines is 1. The number of halogens is 3. The van der Waals surface area contributed by atoms with Crippen molar-refractivity contribution in [3.8, 4) is 16.9 Å². The Morgan fingerprint density at radius 3 is 2.35 bits per heavy atom. The Bertz CT molecular complexity index is 1240. The topological polar surface area (TPSA) is 67.9 Å². The van der Waals surface area contributed by atoms with E-state index in [4.69, 9.17) is 9.47 Å². The van der Waals surface area contributed by atoms with Gasteiger partial charge in [0.05, 0.1) is 12.2 Å². The van der Waals surface area contributed by atoms with Gasteiger partial charge in [0.1, 0.15) is 11.9 Å². The summed E-state index contributed by atoms with van der Waals surface area (Å²) in [6, 6.07) is 18.5. The number of carbonyl (C=O) groups is 2. The highest BCUT2D eigenvalue weighted by Crippen LogP contribution is 2.32. The average Bonchev–Trinajstić information content (AvgIpc) is 2.89. The minimum absolute atomic E-state index is 0.0722. The second-order valence-corrected chi connectivity index (χ2v) is 8.61. The predicted molar refractivity (Wildman–Crippen MR) is 134 cm³/mol. The number of carbonyl (C=O) groups excluding carboxylic acids is 2. The maximum Gasteiger partial charge on any atom is 0.416 e. The van der Waals surface area contributed by atoms with Crippen molar-refractivity contribution >= 4 is 17.7 Å². The van der Waals surface area contributed by atoms with E-state index in [0.29, 0.717) is 60.7 Å². The van der Waals surface area contributed by atoms with E-state index in [9.17, 15) is 22.8 Å². The fraction of sp³-hybridized carbons (Fsp3) is 0.286. The number of benzene rings is 3. The summed E-state index contributed by atoms with van der Waals surface area (Å²) in [5.41, 5.74) is 1.13. The molecule has 1 heterocycles. The molecule has 6 nitrogen and oxygen atoms in total. The van der Waals surface area contributed by atoms with E-state index < -0.39 is 17.6 Å². The van der Waals surface area contributed by atoms with Crippen LogP contribution in [0.2, 0.25) is 0 Å². The highest BCUT2D eigenvalue weighted by atomic mass is 19.4. The molecule has 0 saturated carbocycles. The molecule has 1 N–H and O–H groups in total. The summed E-state index contributed by atoms with van der Waals surface area (Å²) in [6.07, 6.45) is -3.49. The van der Waals surface area contributed by atoms with Crippen LogP contribution in [0.25, 0.3) is 11.1 Å². The monoisotopic (exact) mass is 512 g/mol. The number of piperidine rings is 1. The number of likely N-dealkylation sites (tertiary alicyclic amines) is 1. The first-order valence-corrected chi connectivity index (χ1v) is 12.0. The minimum Gasteiger partial charge on any atom is -0.490 e. The van der Waals surface area contributed by atoms with Crippen LogP contribution in [0.4, 0.5) is 23.7 Å². The molecule has 0 aliphatic carbocycles. The lowest BCUT2D eigenvalue weighted by atomic mass is 9.98. The lowest BCUT2D eigenvalue weighted by Crippen LogP contribution is -2.42. The largest absolute Gasteiger partial charge is 0.490 e. The summed E-state index contributed by atoms with van der Waals surface area (Å²) in [5.74, 6) is 0.193. The van der Waals surface area contributed by atoms with Crippen molar-refractivity contribution in [3.05, 3.63) is 83.9 Å². The Kier molecular flexibility index (Phi) is 8.01. The number of rotatable bonds is 6. The van der Waals surface area contributed by atoms with Crippen molar-refractivity contribution in [2.24, 2.45) is 0 Å². The Labute approximate surface area is 213 Å². The smallest absolute Gasteiger partial charge is 0.416 e. The first-order valence-electron chi connectivity index (χ1n) is 12.0. The van der Waals surface area contributed by atoms with Crippen LogP contribution >= 0.6 is 0 Å². The third-order valence-corrected chi connectivity index (χ3v) is 6.06.